The highest BCUT2D eigenvalue weighted by molar-refractivity contribution is 7.99. The lowest BCUT2D eigenvalue weighted by molar-refractivity contribution is 0.601. The molecule has 0 saturated heterocycles. The van der Waals surface area contributed by atoms with Gasteiger partial charge in [-0.3, -0.25) is 9.36 Å². The molecule has 0 bridgehead atoms. The molecule has 0 unspecified atom stereocenters. The van der Waals surface area contributed by atoms with Gasteiger partial charge in [0.25, 0.3) is 5.56 Å². The maximum atomic E-state index is 13.6. The van der Waals surface area contributed by atoms with Gasteiger partial charge in [-0.25, -0.2) is 9.18 Å². The number of rotatable bonds is 4. The lowest BCUT2D eigenvalue weighted by Crippen LogP contribution is -2.35. The Kier molecular flexibility index (Phi) is 4.43. The van der Waals surface area contributed by atoms with Crippen molar-refractivity contribution in [3.63, 3.8) is 0 Å². The van der Waals surface area contributed by atoms with E-state index >= 15 is 0 Å². The number of hydrogen-bond acceptors (Lipinski definition) is 3. The van der Waals surface area contributed by atoms with Gasteiger partial charge in [0.15, 0.2) is 0 Å². The van der Waals surface area contributed by atoms with Gasteiger partial charge in [-0.05, 0) is 17.7 Å². The highest BCUT2D eigenvalue weighted by Gasteiger charge is 2.08. The van der Waals surface area contributed by atoms with Crippen LogP contribution in [0.1, 0.15) is 5.56 Å². The SMILES string of the molecule is O=c1cc(Sc2ccccc2F)[nH]c(=O)n1Cc1ccccc1. The van der Waals surface area contributed by atoms with Crippen LogP contribution in [0.15, 0.2) is 80.2 Å². The molecule has 0 saturated carbocycles. The lowest BCUT2D eigenvalue weighted by Gasteiger charge is -2.07. The van der Waals surface area contributed by atoms with Gasteiger partial charge in [0.2, 0.25) is 0 Å². The molecule has 2 aromatic carbocycles. The van der Waals surface area contributed by atoms with Crippen LogP contribution in [-0.2, 0) is 6.54 Å². The summed E-state index contributed by atoms with van der Waals surface area (Å²) in [6.45, 7) is 0.194. The van der Waals surface area contributed by atoms with E-state index in [2.05, 4.69) is 4.98 Å². The van der Waals surface area contributed by atoms with Crippen molar-refractivity contribution < 1.29 is 4.39 Å². The second-order valence-corrected chi connectivity index (χ2v) is 5.96. The van der Waals surface area contributed by atoms with E-state index in [1.807, 2.05) is 30.3 Å². The smallest absolute Gasteiger partial charge is 0.301 e. The molecule has 1 heterocycles. The van der Waals surface area contributed by atoms with Crippen LogP contribution in [0.5, 0.6) is 0 Å². The Balaban J connectivity index is 1.90. The number of aromatic nitrogens is 2. The molecule has 0 radical (unpaired) electrons. The molecular weight excluding hydrogens is 315 g/mol. The Morgan fingerprint density at radius 2 is 1.70 bits per heavy atom. The van der Waals surface area contributed by atoms with Gasteiger partial charge in [0, 0.05) is 11.0 Å². The third-order valence-electron chi connectivity index (χ3n) is 3.24. The molecule has 6 heteroatoms. The monoisotopic (exact) mass is 328 g/mol. The van der Waals surface area contributed by atoms with Gasteiger partial charge in [-0.1, -0.05) is 54.2 Å². The maximum absolute atomic E-state index is 13.6. The lowest BCUT2D eigenvalue weighted by atomic mass is 10.2. The minimum absolute atomic E-state index is 0.194. The van der Waals surface area contributed by atoms with Crippen LogP contribution in [-0.4, -0.2) is 9.55 Å². The molecule has 23 heavy (non-hydrogen) atoms. The summed E-state index contributed by atoms with van der Waals surface area (Å²) >= 11 is 1.01. The number of halogens is 1. The zero-order valence-electron chi connectivity index (χ0n) is 12.0. The van der Waals surface area contributed by atoms with Crippen LogP contribution < -0.4 is 11.2 Å². The first-order chi connectivity index (χ1) is 11.1. The van der Waals surface area contributed by atoms with Crippen LogP contribution in [0.4, 0.5) is 4.39 Å². The Labute approximate surface area is 135 Å². The Hall–Kier alpha value is -2.60. The summed E-state index contributed by atoms with van der Waals surface area (Å²) < 4.78 is 14.8. The molecule has 116 valence electrons. The van der Waals surface area contributed by atoms with E-state index < -0.39 is 17.1 Å². The van der Waals surface area contributed by atoms with Crippen molar-refractivity contribution in [2.45, 2.75) is 16.5 Å². The minimum Gasteiger partial charge on any atom is -0.301 e. The summed E-state index contributed by atoms with van der Waals surface area (Å²) in [5.74, 6) is -0.396. The number of H-pyrrole nitrogens is 1. The standard InChI is InChI=1S/C17H13FN2O2S/c18-13-8-4-5-9-14(13)23-15-10-16(21)20(17(22)19-15)11-12-6-2-1-3-7-12/h1-10H,11H2,(H,19,22). The summed E-state index contributed by atoms with van der Waals surface area (Å²) in [5, 5.41) is 0.314. The van der Waals surface area contributed by atoms with E-state index in [0.717, 1.165) is 21.9 Å². The maximum Gasteiger partial charge on any atom is 0.329 e. The fourth-order valence-corrected chi connectivity index (χ4v) is 2.96. The average molecular weight is 328 g/mol. The van der Waals surface area contributed by atoms with Gasteiger partial charge in [-0.2, -0.15) is 0 Å². The molecule has 0 amide bonds. The summed E-state index contributed by atoms with van der Waals surface area (Å²) in [6, 6.07) is 16.7. The predicted octanol–water partition coefficient (Wildman–Crippen LogP) is 2.88. The number of hydrogen-bond donors (Lipinski definition) is 1. The zero-order valence-corrected chi connectivity index (χ0v) is 12.8. The third-order valence-corrected chi connectivity index (χ3v) is 4.23. The number of nitrogens with zero attached hydrogens (tertiary/aromatic N) is 1. The van der Waals surface area contributed by atoms with Gasteiger partial charge in [0.05, 0.1) is 11.6 Å². The zero-order chi connectivity index (χ0) is 16.2. The van der Waals surface area contributed by atoms with Crippen LogP contribution in [0, 0.1) is 5.82 Å². The molecule has 0 fully saturated rings. The molecule has 4 nitrogen and oxygen atoms in total. The van der Waals surface area contributed by atoms with E-state index in [9.17, 15) is 14.0 Å². The molecule has 1 aromatic heterocycles. The van der Waals surface area contributed by atoms with Crippen molar-refractivity contribution in [2.75, 3.05) is 0 Å². The van der Waals surface area contributed by atoms with Crippen molar-refractivity contribution in [2.24, 2.45) is 0 Å². The Morgan fingerprint density at radius 3 is 2.39 bits per heavy atom. The minimum atomic E-state index is -0.514. The van der Waals surface area contributed by atoms with Crippen LogP contribution in [0.25, 0.3) is 0 Å². The van der Waals surface area contributed by atoms with E-state index in [4.69, 9.17) is 0 Å². The van der Waals surface area contributed by atoms with Crippen LogP contribution in [0.3, 0.4) is 0 Å². The highest BCUT2D eigenvalue weighted by atomic mass is 32.2. The third kappa shape index (κ3) is 3.60. The van der Waals surface area contributed by atoms with E-state index in [0.29, 0.717) is 9.92 Å². The summed E-state index contributed by atoms with van der Waals surface area (Å²) in [6.07, 6.45) is 0. The number of nitrogens with one attached hydrogen (secondary N) is 1. The number of benzene rings is 2. The van der Waals surface area contributed by atoms with Crippen molar-refractivity contribution in [3.8, 4) is 0 Å². The van der Waals surface area contributed by atoms with E-state index in [1.165, 1.54) is 12.1 Å². The van der Waals surface area contributed by atoms with Gasteiger partial charge in [0.1, 0.15) is 5.82 Å². The first-order valence-electron chi connectivity index (χ1n) is 6.94. The predicted molar refractivity (Wildman–Crippen MR) is 87.4 cm³/mol. The largest absolute Gasteiger partial charge is 0.329 e. The molecule has 0 atom stereocenters. The molecule has 3 aromatic rings. The quantitative estimate of drug-likeness (QED) is 0.749. The van der Waals surface area contributed by atoms with Crippen LogP contribution in [0.2, 0.25) is 0 Å². The fourth-order valence-electron chi connectivity index (χ4n) is 2.12. The van der Waals surface area contributed by atoms with Gasteiger partial charge < -0.3 is 4.98 Å². The van der Waals surface area contributed by atoms with Gasteiger partial charge >= 0.3 is 5.69 Å². The van der Waals surface area contributed by atoms with Crippen molar-refractivity contribution in [1.82, 2.24) is 9.55 Å². The van der Waals surface area contributed by atoms with Crippen molar-refractivity contribution >= 4 is 11.8 Å². The van der Waals surface area contributed by atoms with Crippen LogP contribution >= 0.6 is 11.8 Å². The molecular formula is C17H13FN2O2S. The van der Waals surface area contributed by atoms with Crippen molar-refractivity contribution in [1.29, 1.82) is 0 Å². The Morgan fingerprint density at radius 1 is 1.00 bits per heavy atom. The summed E-state index contributed by atoms with van der Waals surface area (Å²) in [7, 11) is 0. The average Bonchev–Trinajstić information content (AvgIpc) is 2.54. The van der Waals surface area contributed by atoms with Crippen molar-refractivity contribution in [3.05, 3.63) is 92.9 Å². The van der Waals surface area contributed by atoms with Gasteiger partial charge in [-0.15, -0.1) is 0 Å². The van der Waals surface area contributed by atoms with E-state index in [1.54, 1.807) is 18.2 Å². The molecule has 0 aliphatic carbocycles. The normalized spacial score (nSPS) is 10.7. The fraction of sp³-hybridized carbons (Fsp3) is 0.0588. The van der Waals surface area contributed by atoms with E-state index in [-0.39, 0.29) is 6.54 Å². The molecule has 0 aliphatic heterocycles. The topological polar surface area (TPSA) is 54.9 Å². The Bertz CT molecular complexity index is 904. The molecule has 3 rings (SSSR count). The molecule has 0 aliphatic rings. The first kappa shape index (κ1) is 15.3. The first-order valence-corrected chi connectivity index (χ1v) is 7.75. The second kappa shape index (κ2) is 6.66. The summed E-state index contributed by atoms with van der Waals surface area (Å²) in [5.41, 5.74) is -0.0776. The number of aromatic amines is 1. The highest BCUT2D eigenvalue weighted by Crippen LogP contribution is 2.26. The summed E-state index contributed by atoms with van der Waals surface area (Å²) in [4.78, 5) is 27.3. The second-order valence-electron chi connectivity index (χ2n) is 4.88. The molecule has 1 N–H and O–H groups in total. The molecule has 0 spiro atoms.